The van der Waals surface area contributed by atoms with Crippen LogP contribution in [0.3, 0.4) is 0 Å². The van der Waals surface area contributed by atoms with Crippen molar-refractivity contribution >= 4 is 23.5 Å². The molecule has 1 atom stereocenters. The van der Waals surface area contributed by atoms with Crippen LogP contribution in [0.25, 0.3) is 11.1 Å². The molecule has 2 N–H and O–H groups in total. The van der Waals surface area contributed by atoms with Gasteiger partial charge in [0, 0.05) is 43.7 Å². The van der Waals surface area contributed by atoms with Crippen LogP contribution in [-0.4, -0.2) is 43.6 Å². The molecule has 0 saturated carbocycles. The summed E-state index contributed by atoms with van der Waals surface area (Å²) in [7, 11) is 1.64. The second-order valence-electron chi connectivity index (χ2n) is 6.98. The predicted molar refractivity (Wildman–Crippen MR) is 109 cm³/mol. The van der Waals surface area contributed by atoms with E-state index in [1.54, 1.807) is 7.05 Å². The lowest BCUT2D eigenvalue weighted by Crippen LogP contribution is -2.41. The molecule has 2 aliphatic heterocycles. The van der Waals surface area contributed by atoms with E-state index >= 15 is 0 Å². The Labute approximate surface area is 168 Å². The van der Waals surface area contributed by atoms with Crippen molar-refractivity contribution in [2.75, 3.05) is 26.9 Å². The molecule has 4 rings (SSSR count). The number of fused-ring (bicyclic) bond motifs is 2. The monoisotopic (exact) mass is 399 g/mol. The maximum Gasteiger partial charge on any atom is 0.261 e. The van der Waals surface area contributed by atoms with Crippen molar-refractivity contribution in [3.8, 4) is 16.9 Å². The zero-order chi connectivity index (χ0) is 19.7. The normalized spacial score (nSPS) is 22.6. The fourth-order valence-corrected chi connectivity index (χ4v) is 3.85. The van der Waals surface area contributed by atoms with Gasteiger partial charge in [-0.05, 0) is 35.4 Å². The molecule has 2 heterocycles. The number of hydrogen-bond acceptors (Lipinski definition) is 5. The highest BCUT2D eigenvalue weighted by Crippen LogP contribution is 2.43. The number of ether oxygens (including phenoxy) is 2. The van der Waals surface area contributed by atoms with Gasteiger partial charge in [0.25, 0.3) is 5.91 Å². The lowest BCUT2D eigenvalue weighted by atomic mass is 9.84. The number of benzene rings is 2. The van der Waals surface area contributed by atoms with Crippen molar-refractivity contribution in [1.29, 1.82) is 0 Å². The van der Waals surface area contributed by atoms with E-state index in [9.17, 15) is 4.79 Å². The van der Waals surface area contributed by atoms with Crippen molar-refractivity contribution in [3.63, 3.8) is 0 Å². The van der Waals surface area contributed by atoms with E-state index in [4.69, 9.17) is 26.8 Å². The molecule has 1 unspecified atom stereocenters. The van der Waals surface area contributed by atoms with E-state index < -0.39 is 5.54 Å². The topological polar surface area (TPSA) is 77.2 Å². The lowest BCUT2D eigenvalue weighted by molar-refractivity contribution is -0.131. The molecular formula is C21H22ClN3O3. The van der Waals surface area contributed by atoms with Gasteiger partial charge in [0.15, 0.2) is 11.5 Å². The molecule has 1 amide bonds. The molecule has 0 fully saturated rings. The number of guanidine groups is 1. The third kappa shape index (κ3) is 3.23. The molecule has 0 radical (unpaired) electrons. The first-order valence-electron chi connectivity index (χ1n) is 9.26. The molecule has 6 nitrogen and oxygen atoms in total. The molecule has 2 aromatic carbocycles. The molecular weight excluding hydrogens is 378 g/mol. The number of carbonyl (C=O) groups is 1. The summed E-state index contributed by atoms with van der Waals surface area (Å²) in [6.07, 6.45) is 1.17. The Morgan fingerprint density at radius 3 is 2.71 bits per heavy atom. The fourth-order valence-electron chi connectivity index (χ4n) is 3.66. The Morgan fingerprint density at radius 1 is 1.14 bits per heavy atom. The molecule has 28 heavy (non-hydrogen) atoms. The van der Waals surface area contributed by atoms with Gasteiger partial charge in [0.05, 0.1) is 6.61 Å². The number of aliphatic imine (C=N–C) groups is 1. The molecule has 1 spiro atoms. The van der Waals surface area contributed by atoms with Crippen LogP contribution in [0.5, 0.6) is 5.75 Å². The summed E-state index contributed by atoms with van der Waals surface area (Å²) in [5.74, 6) is 0.663. The van der Waals surface area contributed by atoms with Crippen molar-refractivity contribution < 1.29 is 14.3 Å². The Morgan fingerprint density at radius 2 is 1.96 bits per heavy atom. The molecule has 0 bridgehead atoms. The van der Waals surface area contributed by atoms with Crippen molar-refractivity contribution in [1.82, 2.24) is 4.90 Å². The van der Waals surface area contributed by atoms with Crippen LogP contribution in [0.2, 0.25) is 5.02 Å². The average molecular weight is 400 g/mol. The fraction of sp³-hybridized carbons (Fsp3) is 0.333. The van der Waals surface area contributed by atoms with E-state index in [-0.39, 0.29) is 11.9 Å². The van der Waals surface area contributed by atoms with Crippen molar-refractivity contribution in [3.05, 3.63) is 53.1 Å². The Kier molecular flexibility index (Phi) is 5.00. The smallest absolute Gasteiger partial charge is 0.261 e. The van der Waals surface area contributed by atoms with E-state index in [1.165, 1.54) is 4.90 Å². The van der Waals surface area contributed by atoms with Gasteiger partial charge in [-0.3, -0.25) is 9.69 Å². The highest BCUT2D eigenvalue weighted by molar-refractivity contribution is 6.30. The average Bonchev–Trinajstić information content (AvgIpc) is 2.92. The zero-order valence-corrected chi connectivity index (χ0v) is 16.4. The first-order chi connectivity index (χ1) is 13.5. The summed E-state index contributed by atoms with van der Waals surface area (Å²) < 4.78 is 11.7. The number of rotatable bonds is 1. The van der Waals surface area contributed by atoms with E-state index in [1.807, 2.05) is 42.5 Å². The Balaban J connectivity index is 1.89. The summed E-state index contributed by atoms with van der Waals surface area (Å²) in [4.78, 5) is 19.2. The summed E-state index contributed by atoms with van der Waals surface area (Å²) >= 11 is 6.17. The standard InChI is InChI=1S/C21H22ClN3O3/c1-25-19(26)21(24-20(25)23)8-11-27-9-3-10-28-18-7-6-15(13-17(18)21)14-4-2-5-16(22)12-14/h2,4-7,12-13H,3,8-11H2,1H3,(H2,23,24). The van der Waals surface area contributed by atoms with Crippen LogP contribution >= 0.6 is 11.6 Å². The maximum atomic E-state index is 13.2. The van der Waals surface area contributed by atoms with Crippen LogP contribution in [0.1, 0.15) is 18.4 Å². The Bertz CT molecular complexity index is 946. The molecule has 0 aliphatic carbocycles. The molecule has 7 heteroatoms. The molecule has 146 valence electrons. The number of hydrogen-bond donors (Lipinski definition) is 1. The maximum absolute atomic E-state index is 13.2. The first-order valence-corrected chi connectivity index (χ1v) is 9.63. The SMILES string of the molecule is CN1C(=O)C2(CCOCCCOc3ccc(-c4cccc(Cl)c4)cc32)N=C1N. The minimum absolute atomic E-state index is 0.178. The largest absolute Gasteiger partial charge is 0.493 e. The van der Waals surface area contributed by atoms with Crippen LogP contribution in [0.15, 0.2) is 47.5 Å². The summed E-state index contributed by atoms with van der Waals surface area (Å²) in [5, 5.41) is 0.649. The second-order valence-corrected chi connectivity index (χ2v) is 7.42. The molecule has 2 aliphatic rings. The molecule has 2 aromatic rings. The van der Waals surface area contributed by atoms with Crippen LogP contribution in [0, 0.1) is 0 Å². The predicted octanol–water partition coefficient (Wildman–Crippen LogP) is 3.18. The second kappa shape index (κ2) is 7.45. The number of carbonyl (C=O) groups excluding carboxylic acids is 1. The summed E-state index contributed by atoms with van der Waals surface area (Å²) in [5.41, 5.74) is 7.45. The zero-order valence-electron chi connectivity index (χ0n) is 15.7. The number of halogens is 1. The minimum atomic E-state index is -1.15. The van der Waals surface area contributed by atoms with Gasteiger partial charge in [0.1, 0.15) is 5.75 Å². The first kappa shape index (κ1) is 18.8. The van der Waals surface area contributed by atoms with Crippen molar-refractivity contribution in [2.45, 2.75) is 18.4 Å². The van der Waals surface area contributed by atoms with Gasteiger partial charge >= 0.3 is 0 Å². The molecule has 0 aromatic heterocycles. The third-order valence-corrected chi connectivity index (χ3v) is 5.42. The van der Waals surface area contributed by atoms with E-state index in [0.717, 1.165) is 17.5 Å². The quantitative estimate of drug-likeness (QED) is 0.798. The summed E-state index contributed by atoms with van der Waals surface area (Å²) in [6.45, 7) is 1.50. The van der Waals surface area contributed by atoms with Gasteiger partial charge in [-0.2, -0.15) is 0 Å². The van der Waals surface area contributed by atoms with E-state index in [2.05, 4.69) is 4.99 Å². The van der Waals surface area contributed by atoms with Gasteiger partial charge in [-0.25, -0.2) is 4.99 Å². The highest BCUT2D eigenvalue weighted by Gasteiger charge is 2.49. The highest BCUT2D eigenvalue weighted by atomic mass is 35.5. The van der Waals surface area contributed by atoms with Crippen LogP contribution in [-0.2, 0) is 15.1 Å². The van der Waals surface area contributed by atoms with Gasteiger partial charge in [0.2, 0.25) is 0 Å². The van der Waals surface area contributed by atoms with Crippen molar-refractivity contribution in [2.24, 2.45) is 10.7 Å². The molecule has 0 saturated heterocycles. The number of likely N-dealkylation sites (N-methyl/N-ethyl adjacent to an activating group) is 1. The summed E-state index contributed by atoms with van der Waals surface area (Å²) in [6, 6.07) is 13.4. The lowest BCUT2D eigenvalue weighted by Gasteiger charge is -2.29. The number of amides is 1. The van der Waals surface area contributed by atoms with Gasteiger partial charge in [-0.15, -0.1) is 0 Å². The number of nitrogens with zero attached hydrogens (tertiary/aromatic N) is 2. The van der Waals surface area contributed by atoms with Crippen LogP contribution in [0.4, 0.5) is 0 Å². The Hall–Kier alpha value is -2.57. The van der Waals surface area contributed by atoms with Gasteiger partial charge in [-0.1, -0.05) is 29.8 Å². The third-order valence-electron chi connectivity index (χ3n) is 5.19. The van der Waals surface area contributed by atoms with Crippen LogP contribution < -0.4 is 10.5 Å². The van der Waals surface area contributed by atoms with E-state index in [0.29, 0.717) is 42.6 Å². The minimum Gasteiger partial charge on any atom is -0.493 e. The van der Waals surface area contributed by atoms with Gasteiger partial charge < -0.3 is 15.2 Å². The number of nitrogens with two attached hydrogens (primary N) is 1.